The van der Waals surface area contributed by atoms with E-state index in [1.807, 2.05) is 0 Å². The first-order valence-electron chi connectivity index (χ1n) is 18.5. The van der Waals surface area contributed by atoms with Crippen LogP contribution in [0.2, 0.25) is 0 Å². The molecular weight excluding hydrogens is 624 g/mol. The van der Waals surface area contributed by atoms with E-state index in [1.54, 1.807) is 0 Å². The summed E-state index contributed by atoms with van der Waals surface area (Å²) >= 11 is 0. The predicted molar refractivity (Wildman–Crippen MR) is 195 cm³/mol. The Hall–Kier alpha value is -4.26. The average Bonchev–Trinajstić information content (AvgIpc) is 3.23. The maximum absolute atomic E-state index is 11.4. The molecule has 3 aliphatic carbocycles. The summed E-state index contributed by atoms with van der Waals surface area (Å²) in [6.07, 6.45) is 14.7. The summed E-state index contributed by atoms with van der Waals surface area (Å²) in [7, 11) is 0. The lowest BCUT2D eigenvalue weighted by Crippen LogP contribution is -2.34. The summed E-state index contributed by atoms with van der Waals surface area (Å²) in [5.74, 6) is 14.7. The fourth-order valence-corrected chi connectivity index (χ4v) is 8.62. The Balaban J connectivity index is 1.30. The molecule has 0 spiro atoms. The molecule has 6 rings (SSSR count). The van der Waals surface area contributed by atoms with Crippen LogP contribution in [0.1, 0.15) is 97.6 Å². The van der Waals surface area contributed by atoms with Crippen LogP contribution in [0.15, 0.2) is 55.6 Å². The van der Waals surface area contributed by atoms with E-state index < -0.39 is 11.9 Å². The van der Waals surface area contributed by atoms with E-state index in [0.29, 0.717) is 18.4 Å². The maximum atomic E-state index is 11.4. The number of aryl methyl sites for hydroxylation is 1. The molecule has 0 saturated heterocycles. The Morgan fingerprint density at radius 3 is 2.42 bits per heavy atom. The maximum Gasteiger partial charge on any atom is 0.331 e. The number of benzene rings is 2. The second-order valence-electron chi connectivity index (χ2n) is 14.2. The van der Waals surface area contributed by atoms with E-state index in [0.717, 1.165) is 68.1 Å². The molecule has 2 aromatic carbocycles. The molecule has 0 bridgehead atoms. The molecule has 0 radical (unpaired) electrons. The van der Waals surface area contributed by atoms with E-state index in [2.05, 4.69) is 74.1 Å². The highest BCUT2D eigenvalue weighted by atomic mass is 16.5. The number of hydrogen-bond acceptors (Lipinski definition) is 6. The molecule has 0 N–H and O–H groups in total. The summed E-state index contributed by atoms with van der Waals surface area (Å²) in [6, 6.07) is 10.9. The number of fused-ring (bicyclic) bond motifs is 7. The van der Waals surface area contributed by atoms with Gasteiger partial charge in [-0.25, -0.2) is 9.59 Å². The van der Waals surface area contributed by atoms with Crippen molar-refractivity contribution in [3.8, 4) is 29.4 Å². The molecule has 1 fully saturated rings. The van der Waals surface area contributed by atoms with Crippen molar-refractivity contribution in [1.29, 1.82) is 0 Å². The number of carbonyl (C=O) groups excluding carboxylic acids is 2. The normalized spacial score (nSPS) is 25.2. The third-order valence-electron chi connectivity index (χ3n) is 11.2. The minimum atomic E-state index is -0.473. The molecule has 1 saturated carbocycles. The number of hydrogen-bond donors (Lipinski definition) is 0. The summed E-state index contributed by atoms with van der Waals surface area (Å²) in [4.78, 5) is 22.9. The van der Waals surface area contributed by atoms with Crippen LogP contribution in [0.25, 0.3) is 0 Å². The monoisotopic (exact) mass is 674 g/mol. The van der Waals surface area contributed by atoms with Crippen LogP contribution < -0.4 is 4.74 Å². The zero-order chi connectivity index (χ0) is 34.9. The molecule has 0 amide bonds. The van der Waals surface area contributed by atoms with Crippen molar-refractivity contribution in [1.82, 2.24) is 0 Å². The lowest BCUT2D eigenvalue weighted by molar-refractivity contribution is -0.137. The highest BCUT2D eigenvalue weighted by Crippen LogP contribution is 2.48. The Morgan fingerprint density at radius 1 is 0.880 bits per heavy atom. The second kappa shape index (κ2) is 17.1. The first-order chi connectivity index (χ1) is 24.5. The third-order valence-corrected chi connectivity index (χ3v) is 11.2. The molecule has 1 heterocycles. The lowest BCUT2D eigenvalue weighted by Gasteiger charge is -2.37. The van der Waals surface area contributed by atoms with Gasteiger partial charge in [0.2, 0.25) is 0 Å². The van der Waals surface area contributed by atoms with Crippen molar-refractivity contribution in [3.63, 3.8) is 0 Å². The molecule has 6 heteroatoms. The molecule has 262 valence electrons. The predicted octanol–water partition coefficient (Wildman–Crippen LogP) is 7.68. The standard InChI is InChI=1S/C44H50O6/c1-4-9-30-12-16-33(17-13-30)36-28-49-39-22-18-34-26-31(10-7-24-47-41(45)5-2)14-20-37(34)43(39)44-38-21-15-32(11-8-25-48-42(46)6-3)27-35(38)19-23-40(44)50-29-36/h5-6,14,19-20,23,26,30,32-33,36,39,43H,2-4,9,12-13,15-18,21-22,24-25,27-29H2,1H3/t30?,32-,33?,36?,39?,43-/m0/s1. The van der Waals surface area contributed by atoms with Gasteiger partial charge in [0.05, 0.1) is 19.3 Å². The van der Waals surface area contributed by atoms with Gasteiger partial charge >= 0.3 is 11.9 Å². The first-order valence-corrected chi connectivity index (χ1v) is 18.5. The van der Waals surface area contributed by atoms with Crippen LogP contribution in [0.4, 0.5) is 0 Å². The first kappa shape index (κ1) is 35.6. The summed E-state index contributed by atoms with van der Waals surface area (Å²) in [5, 5.41) is 0. The Kier molecular flexibility index (Phi) is 12.2. The minimum absolute atomic E-state index is 0.0318. The smallest absolute Gasteiger partial charge is 0.331 e. The molecule has 50 heavy (non-hydrogen) atoms. The minimum Gasteiger partial charge on any atom is -0.493 e. The number of ether oxygens (including phenoxy) is 4. The fraction of sp³-hybridized carbons (Fsp3) is 0.500. The highest BCUT2D eigenvalue weighted by molar-refractivity contribution is 5.81. The van der Waals surface area contributed by atoms with Gasteiger partial charge in [0.1, 0.15) is 5.75 Å². The average molecular weight is 675 g/mol. The Bertz CT molecular complexity index is 1690. The van der Waals surface area contributed by atoms with Gasteiger partial charge in [0, 0.05) is 41.0 Å². The van der Waals surface area contributed by atoms with Gasteiger partial charge in [-0.1, -0.05) is 81.6 Å². The molecule has 2 unspecified atom stereocenters. The number of esters is 2. The zero-order valence-electron chi connectivity index (χ0n) is 29.5. The van der Waals surface area contributed by atoms with E-state index in [9.17, 15) is 9.59 Å². The van der Waals surface area contributed by atoms with Crippen LogP contribution in [-0.2, 0) is 43.1 Å². The number of carbonyl (C=O) groups is 2. The van der Waals surface area contributed by atoms with Crippen molar-refractivity contribution in [2.45, 2.75) is 89.6 Å². The fourth-order valence-electron chi connectivity index (χ4n) is 8.62. The van der Waals surface area contributed by atoms with Gasteiger partial charge in [0.25, 0.3) is 0 Å². The van der Waals surface area contributed by atoms with Crippen LogP contribution in [0.3, 0.4) is 0 Å². The SMILES string of the molecule is C=CC(=O)OCC#Cc1ccc2c(c1)CCC1OCC(C3CCC(CCC)CC3)COc3ccc4c(c3[C@@H]21)CC[C@H](C#CCOC(=O)C=C)C4. The molecular formula is C44H50O6. The molecule has 0 aromatic heterocycles. The molecule has 4 atom stereocenters. The quantitative estimate of drug-likeness (QED) is 0.171. The summed E-state index contributed by atoms with van der Waals surface area (Å²) in [6.45, 7) is 10.7. The van der Waals surface area contributed by atoms with E-state index in [4.69, 9.17) is 18.9 Å². The van der Waals surface area contributed by atoms with Gasteiger partial charge < -0.3 is 18.9 Å². The molecule has 2 aromatic rings. The Morgan fingerprint density at radius 2 is 1.66 bits per heavy atom. The van der Waals surface area contributed by atoms with Crippen LogP contribution in [0.5, 0.6) is 5.75 Å². The van der Waals surface area contributed by atoms with Gasteiger partial charge in [-0.15, -0.1) is 0 Å². The van der Waals surface area contributed by atoms with Crippen molar-refractivity contribution in [3.05, 3.63) is 89.0 Å². The molecule has 6 nitrogen and oxygen atoms in total. The van der Waals surface area contributed by atoms with Crippen molar-refractivity contribution >= 4 is 11.9 Å². The highest BCUT2D eigenvalue weighted by Gasteiger charge is 2.39. The van der Waals surface area contributed by atoms with Crippen molar-refractivity contribution < 1.29 is 28.5 Å². The van der Waals surface area contributed by atoms with Crippen molar-refractivity contribution in [2.75, 3.05) is 26.4 Å². The Labute approximate surface area is 298 Å². The summed E-state index contributed by atoms with van der Waals surface area (Å²) in [5.41, 5.74) is 7.44. The van der Waals surface area contributed by atoms with E-state index in [-0.39, 0.29) is 31.2 Å². The van der Waals surface area contributed by atoms with Crippen molar-refractivity contribution in [2.24, 2.45) is 23.7 Å². The van der Waals surface area contributed by atoms with Crippen LogP contribution >= 0.6 is 0 Å². The summed E-state index contributed by atoms with van der Waals surface area (Å²) < 4.78 is 24.1. The second-order valence-corrected chi connectivity index (χ2v) is 14.2. The molecule has 1 aliphatic heterocycles. The van der Waals surface area contributed by atoms with Gasteiger partial charge in [-0.05, 0) is 97.2 Å². The van der Waals surface area contributed by atoms with E-state index in [1.165, 1.54) is 66.3 Å². The topological polar surface area (TPSA) is 71.1 Å². The van der Waals surface area contributed by atoms with Gasteiger partial charge in [-0.2, -0.15) is 0 Å². The largest absolute Gasteiger partial charge is 0.493 e. The van der Waals surface area contributed by atoms with E-state index >= 15 is 0 Å². The van der Waals surface area contributed by atoms with Gasteiger partial charge in [-0.3, -0.25) is 0 Å². The van der Waals surface area contributed by atoms with Crippen LogP contribution in [-0.4, -0.2) is 44.5 Å². The third kappa shape index (κ3) is 8.54. The van der Waals surface area contributed by atoms with Gasteiger partial charge in [0.15, 0.2) is 13.2 Å². The lowest BCUT2D eigenvalue weighted by atomic mass is 9.71. The molecule has 4 aliphatic rings. The number of rotatable bonds is 7. The zero-order valence-corrected chi connectivity index (χ0v) is 29.5. The van der Waals surface area contributed by atoms with Crippen LogP contribution in [0, 0.1) is 47.4 Å².